The molecule has 0 radical (unpaired) electrons. The summed E-state index contributed by atoms with van der Waals surface area (Å²) in [6.07, 6.45) is 0. The number of hydrogen-bond acceptors (Lipinski definition) is 4. The van der Waals surface area contributed by atoms with Gasteiger partial charge in [0.15, 0.2) is 0 Å². The van der Waals surface area contributed by atoms with E-state index in [4.69, 9.17) is 0 Å². The predicted octanol–water partition coefficient (Wildman–Crippen LogP) is 16.4. The van der Waals surface area contributed by atoms with Gasteiger partial charge in [0.25, 0.3) is 6.71 Å². The van der Waals surface area contributed by atoms with E-state index in [9.17, 15) is 5.26 Å². The molecule has 0 atom stereocenters. The Labute approximate surface area is 431 Å². The number of hydrogen-bond donors (Lipinski definition) is 0. The molecule has 14 rings (SSSR count). The van der Waals surface area contributed by atoms with Crippen LogP contribution < -0.4 is 31.1 Å². The van der Waals surface area contributed by atoms with Gasteiger partial charge in [-0.3, -0.25) is 0 Å². The molecule has 0 saturated heterocycles. The third kappa shape index (κ3) is 7.00. The minimum atomic E-state index is -0.0852. The van der Waals surface area contributed by atoms with Crippen molar-refractivity contribution in [3.8, 4) is 39.4 Å². The van der Waals surface area contributed by atoms with E-state index < -0.39 is 0 Å². The second-order valence-electron chi connectivity index (χ2n) is 19.1. The van der Waals surface area contributed by atoms with E-state index in [1.807, 2.05) is 0 Å². The number of rotatable bonds is 8. The van der Waals surface area contributed by atoms with Crippen LogP contribution in [0.1, 0.15) is 5.56 Å². The largest absolute Gasteiger partial charge is 0.311 e. The summed E-state index contributed by atoms with van der Waals surface area (Å²) in [6.45, 7) is -0.0852. The third-order valence-corrected chi connectivity index (χ3v) is 15.0. The molecule has 0 unspecified atom stereocenters. The highest BCUT2D eigenvalue weighted by Crippen LogP contribution is 2.49. The Bertz CT molecular complexity index is 4060. The zero-order chi connectivity index (χ0) is 49.1. The maximum absolute atomic E-state index is 11.0. The molecule has 0 fully saturated rings. The van der Waals surface area contributed by atoms with Gasteiger partial charge in [-0.25, -0.2) is 0 Å². The van der Waals surface area contributed by atoms with Gasteiger partial charge in [0.2, 0.25) is 0 Å². The molecule has 2 heterocycles. The smallest absolute Gasteiger partial charge is 0.252 e. The zero-order valence-corrected chi connectivity index (χ0v) is 40.3. The first-order chi connectivity index (χ1) is 36.7. The van der Waals surface area contributed by atoms with E-state index in [1.165, 1.54) is 38.3 Å². The van der Waals surface area contributed by atoms with Crippen molar-refractivity contribution in [1.29, 1.82) is 5.26 Å². The highest BCUT2D eigenvalue weighted by atomic mass is 15.2. The Morgan fingerprint density at radius 1 is 0.324 bits per heavy atom. The SMILES string of the molecule is N#Cc1cc(-c2cc3c4c(c2)N(c2ccccc2)c2cc(N(c5ccccc5)c5ccccc5)ccc2B4c2ccccc2N3c2ccccc2)cc(-c2c3ccccc3c(-c3ccccc3)c3ccccc23)c1. The number of anilines is 9. The molecule has 0 aromatic heterocycles. The van der Waals surface area contributed by atoms with Gasteiger partial charge in [0, 0.05) is 51.2 Å². The average molecular weight is 941 g/mol. The summed E-state index contributed by atoms with van der Waals surface area (Å²) in [5, 5.41) is 15.6. The van der Waals surface area contributed by atoms with Crippen LogP contribution in [0.2, 0.25) is 0 Å². The Hall–Kier alpha value is -9.89. The van der Waals surface area contributed by atoms with Crippen LogP contribution in [0.25, 0.3) is 54.9 Å². The van der Waals surface area contributed by atoms with Gasteiger partial charge in [-0.1, -0.05) is 176 Å². The quantitative estimate of drug-likeness (QED) is 0.112. The lowest BCUT2D eigenvalue weighted by Crippen LogP contribution is -2.61. The molecule has 4 nitrogen and oxygen atoms in total. The Morgan fingerprint density at radius 3 is 1.31 bits per heavy atom. The Kier molecular flexibility index (Phi) is 10.3. The van der Waals surface area contributed by atoms with E-state index in [0.29, 0.717) is 5.56 Å². The fourth-order valence-electron chi connectivity index (χ4n) is 11.9. The number of benzene rings is 12. The van der Waals surface area contributed by atoms with Gasteiger partial charge < -0.3 is 14.7 Å². The zero-order valence-electron chi connectivity index (χ0n) is 40.3. The summed E-state index contributed by atoms with van der Waals surface area (Å²) in [7, 11) is 0. The third-order valence-electron chi connectivity index (χ3n) is 15.0. The van der Waals surface area contributed by atoms with Crippen molar-refractivity contribution in [3.63, 3.8) is 0 Å². The molecule has 344 valence electrons. The molecule has 0 spiro atoms. The maximum Gasteiger partial charge on any atom is 0.252 e. The molecule has 0 amide bonds. The van der Waals surface area contributed by atoms with E-state index >= 15 is 0 Å². The van der Waals surface area contributed by atoms with Crippen molar-refractivity contribution in [2.45, 2.75) is 0 Å². The van der Waals surface area contributed by atoms with Crippen molar-refractivity contribution in [2.75, 3.05) is 14.7 Å². The summed E-state index contributed by atoms with van der Waals surface area (Å²) in [4.78, 5) is 7.27. The van der Waals surface area contributed by atoms with Crippen molar-refractivity contribution >= 4 is 95.8 Å². The lowest BCUT2D eigenvalue weighted by atomic mass is 9.33. The molecule has 2 aliphatic heterocycles. The molecule has 0 N–H and O–H groups in total. The van der Waals surface area contributed by atoms with Crippen LogP contribution in [0, 0.1) is 11.3 Å². The lowest BCUT2D eigenvalue weighted by molar-refractivity contribution is 1.24. The molecular formula is C69H45BN4. The lowest BCUT2D eigenvalue weighted by Gasteiger charge is -2.44. The van der Waals surface area contributed by atoms with Gasteiger partial charge >= 0.3 is 0 Å². The van der Waals surface area contributed by atoms with E-state index in [-0.39, 0.29) is 6.71 Å². The van der Waals surface area contributed by atoms with Crippen LogP contribution in [0.15, 0.2) is 273 Å². The van der Waals surface area contributed by atoms with Gasteiger partial charge in [-0.15, -0.1) is 0 Å². The molecule has 2 aliphatic rings. The Morgan fingerprint density at radius 2 is 0.757 bits per heavy atom. The van der Waals surface area contributed by atoms with Crippen molar-refractivity contribution in [2.24, 2.45) is 0 Å². The normalized spacial score (nSPS) is 12.2. The standard InChI is InChI=1S/C69H45BN4/c71-46-47-40-49(42-51(41-47)68-59-34-18-16-32-57(59)67(48-22-6-1-7-23-48)58-33-17-19-35-60(58)68)50-43-65-69-66(44-50)74(55-30-14-5-15-31-55)64-45-56(72(52-24-8-2-9-25-52)53-26-10-3-11-27-53)38-39-62(64)70(69)61-36-20-21-37-63(61)73(65)54-28-12-4-13-29-54/h1-45H. The molecule has 5 heteroatoms. The second-order valence-corrected chi connectivity index (χ2v) is 19.1. The minimum Gasteiger partial charge on any atom is -0.311 e. The number of para-hydroxylation sites is 5. The summed E-state index contributed by atoms with van der Waals surface area (Å²) in [6, 6.07) is 101. The number of nitriles is 1. The molecule has 74 heavy (non-hydrogen) atoms. The molecule has 0 saturated carbocycles. The van der Waals surface area contributed by atoms with E-state index in [0.717, 1.165) is 84.2 Å². The van der Waals surface area contributed by atoms with E-state index in [2.05, 4.69) is 294 Å². The first kappa shape index (κ1) is 42.9. The fraction of sp³-hybridized carbons (Fsp3) is 0. The van der Waals surface area contributed by atoms with Gasteiger partial charge in [-0.2, -0.15) is 5.26 Å². The summed E-state index contributed by atoms with van der Waals surface area (Å²) in [5.74, 6) is 0. The van der Waals surface area contributed by atoms with Crippen LogP contribution >= 0.6 is 0 Å². The average Bonchev–Trinajstić information content (AvgIpc) is 3.50. The first-order valence-corrected chi connectivity index (χ1v) is 25.3. The molecule has 12 aromatic rings. The monoisotopic (exact) mass is 940 g/mol. The highest BCUT2D eigenvalue weighted by molar-refractivity contribution is 7.00. The Balaban J connectivity index is 1.05. The van der Waals surface area contributed by atoms with Crippen LogP contribution in [0.3, 0.4) is 0 Å². The van der Waals surface area contributed by atoms with Crippen LogP contribution in [0.5, 0.6) is 0 Å². The summed E-state index contributed by atoms with van der Waals surface area (Å²) in [5.41, 5.74) is 20.6. The van der Waals surface area contributed by atoms with Crippen LogP contribution in [0.4, 0.5) is 51.2 Å². The predicted molar refractivity (Wildman–Crippen MR) is 311 cm³/mol. The van der Waals surface area contributed by atoms with Crippen molar-refractivity contribution in [3.05, 3.63) is 279 Å². The van der Waals surface area contributed by atoms with E-state index in [1.54, 1.807) is 0 Å². The topological polar surface area (TPSA) is 33.5 Å². The van der Waals surface area contributed by atoms with Gasteiger partial charge in [0.1, 0.15) is 0 Å². The molecule has 0 aliphatic carbocycles. The minimum absolute atomic E-state index is 0.0852. The number of nitrogens with zero attached hydrogens (tertiary/aromatic N) is 4. The molecule has 0 bridgehead atoms. The highest BCUT2D eigenvalue weighted by Gasteiger charge is 2.44. The first-order valence-electron chi connectivity index (χ1n) is 25.3. The summed E-state index contributed by atoms with van der Waals surface area (Å²) >= 11 is 0. The van der Waals surface area contributed by atoms with Crippen molar-refractivity contribution in [1.82, 2.24) is 0 Å². The maximum atomic E-state index is 11.0. The van der Waals surface area contributed by atoms with Crippen LogP contribution in [-0.4, -0.2) is 6.71 Å². The molecule has 12 aromatic carbocycles. The second kappa shape index (κ2) is 17.8. The van der Waals surface area contributed by atoms with Crippen LogP contribution in [-0.2, 0) is 0 Å². The van der Waals surface area contributed by atoms with Gasteiger partial charge in [0.05, 0.1) is 11.6 Å². The summed E-state index contributed by atoms with van der Waals surface area (Å²) < 4.78 is 0. The van der Waals surface area contributed by atoms with Gasteiger partial charge in [-0.05, 0) is 168 Å². The fourth-order valence-corrected chi connectivity index (χ4v) is 11.9. The number of fused-ring (bicyclic) bond motifs is 6. The van der Waals surface area contributed by atoms with Crippen molar-refractivity contribution < 1.29 is 0 Å². The molecular weight excluding hydrogens is 896 g/mol.